The monoisotopic (exact) mass is 241 g/mol. The first kappa shape index (κ1) is 12.8. The number of ketones is 1. The zero-order chi connectivity index (χ0) is 13.5. The number of allylic oxidation sites excluding steroid dienone is 5. The Hall–Kier alpha value is -1.62. The number of nitrogens with zero attached hydrogens (tertiary/aromatic N) is 1. The lowest BCUT2D eigenvalue weighted by atomic mass is 9.56. The topological polar surface area (TPSA) is 40.9 Å². The van der Waals surface area contributed by atoms with E-state index in [0.717, 1.165) is 23.1 Å². The van der Waals surface area contributed by atoms with Gasteiger partial charge in [-0.15, -0.1) is 0 Å². The van der Waals surface area contributed by atoms with E-state index in [9.17, 15) is 10.1 Å². The number of nitriles is 1. The number of carbonyl (C=O) groups is 1. The highest BCUT2D eigenvalue weighted by Gasteiger charge is 2.49. The number of fused-ring (bicyclic) bond motifs is 1. The molecular formula is C16H19NO. The molecule has 0 amide bonds. The maximum atomic E-state index is 11.9. The van der Waals surface area contributed by atoms with Crippen molar-refractivity contribution in [1.29, 1.82) is 5.26 Å². The van der Waals surface area contributed by atoms with Crippen molar-refractivity contribution in [3.63, 3.8) is 0 Å². The van der Waals surface area contributed by atoms with E-state index in [1.54, 1.807) is 6.08 Å². The smallest absolute Gasteiger partial charge is 0.158 e. The molecule has 0 heterocycles. The molecule has 0 N–H and O–H groups in total. The first-order valence-electron chi connectivity index (χ1n) is 6.42. The van der Waals surface area contributed by atoms with Crippen LogP contribution in [0.25, 0.3) is 0 Å². The summed E-state index contributed by atoms with van der Waals surface area (Å²) in [5.41, 5.74) is 2.49. The van der Waals surface area contributed by atoms with Crippen LogP contribution in [-0.4, -0.2) is 5.78 Å². The van der Waals surface area contributed by atoms with Gasteiger partial charge in [0.2, 0.25) is 0 Å². The van der Waals surface area contributed by atoms with Crippen molar-refractivity contribution in [2.24, 2.45) is 17.3 Å². The van der Waals surface area contributed by atoms with Crippen molar-refractivity contribution in [1.82, 2.24) is 0 Å². The molecule has 0 fully saturated rings. The first-order valence-corrected chi connectivity index (χ1v) is 6.42. The van der Waals surface area contributed by atoms with Crippen molar-refractivity contribution in [3.8, 4) is 6.07 Å². The molecule has 2 heteroatoms. The fourth-order valence-corrected chi connectivity index (χ4v) is 3.31. The Morgan fingerprint density at radius 2 is 2.28 bits per heavy atom. The molecule has 0 aromatic carbocycles. The Morgan fingerprint density at radius 1 is 1.61 bits per heavy atom. The van der Waals surface area contributed by atoms with E-state index in [0.29, 0.717) is 6.42 Å². The number of carbonyl (C=O) groups excluding carboxylic acids is 1. The summed E-state index contributed by atoms with van der Waals surface area (Å²) < 4.78 is 0. The summed E-state index contributed by atoms with van der Waals surface area (Å²) in [6, 6.07) is 2.51. The zero-order valence-corrected chi connectivity index (χ0v) is 11.3. The molecular weight excluding hydrogens is 222 g/mol. The highest BCUT2D eigenvalue weighted by atomic mass is 16.1. The molecule has 0 saturated carbocycles. The third-order valence-electron chi connectivity index (χ3n) is 4.35. The van der Waals surface area contributed by atoms with Crippen LogP contribution >= 0.6 is 0 Å². The molecule has 0 saturated heterocycles. The van der Waals surface area contributed by atoms with Crippen LogP contribution in [0.15, 0.2) is 35.5 Å². The average Bonchev–Trinajstić information content (AvgIpc) is 2.31. The van der Waals surface area contributed by atoms with Gasteiger partial charge in [-0.05, 0) is 38.3 Å². The molecule has 2 nitrogen and oxygen atoms in total. The van der Waals surface area contributed by atoms with E-state index >= 15 is 0 Å². The molecule has 0 aromatic heterocycles. The summed E-state index contributed by atoms with van der Waals surface area (Å²) in [5, 5.41) is 9.75. The molecule has 0 bridgehead atoms. The van der Waals surface area contributed by atoms with E-state index in [-0.39, 0.29) is 17.6 Å². The van der Waals surface area contributed by atoms with E-state index in [4.69, 9.17) is 0 Å². The van der Waals surface area contributed by atoms with Gasteiger partial charge in [0.15, 0.2) is 5.78 Å². The Balaban J connectivity index is 2.64. The van der Waals surface area contributed by atoms with Crippen LogP contribution in [0.1, 0.15) is 33.6 Å². The van der Waals surface area contributed by atoms with Crippen molar-refractivity contribution in [3.05, 3.63) is 35.5 Å². The van der Waals surface area contributed by atoms with E-state index in [1.165, 1.54) is 0 Å². The quantitative estimate of drug-likeness (QED) is 0.658. The third kappa shape index (κ3) is 1.66. The van der Waals surface area contributed by atoms with E-state index in [1.807, 2.05) is 20.8 Å². The summed E-state index contributed by atoms with van der Waals surface area (Å²) in [5.74, 6) is 0.208. The third-order valence-corrected chi connectivity index (χ3v) is 4.35. The lowest BCUT2D eigenvalue weighted by Gasteiger charge is -2.44. The second-order valence-electron chi connectivity index (χ2n) is 5.67. The van der Waals surface area contributed by atoms with Crippen LogP contribution in [0.4, 0.5) is 0 Å². The van der Waals surface area contributed by atoms with Gasteiger partial charge in [0, 0.05) is 11.8 Å². The predicted octanol–water partition coefficient (Wildman–Crippen LogP) is 3.57. The highest BCUT2D eigenvalue weighted by Crippen LogP contribution is 2.53. The second-order valence-corrected chi connectivity index (χ2v) is 5.67. The van der Waals surface area contributed by atoms with Crippen molar-refractivity contribution < 1.29 is 4.79 Å². The van der Waals surface area contributed by atoms with Gasteiger partial charge in [-0.2, -0.15) is 5.26 Å². The SMILES string of the molecule is C=C(C)[C@H]1CC=C(C)C2=CC(=O)[C@H](C)C[C@]21C#N. The minimum absolute atomic E-state index is 0.0684. The average molecular weight is 241 g/mol. The molecule has 0 aromatic rings. The number of hydrogen-bond donors (Lipinski definition) is 0. The molecule has 18 heavy (non-hydrogen) atoms. The van der Waals surface area contributed by atoms with E-state index in [2.05, 4.69) is 18.7 Å². The first-order chi connectivity index (χ1) is 8.42. The molecule has 2 aliphatic carbocycles. The molecule has 2 rings (SSSR count). The van der Waals surface area contributed by atoms with E-state index < -0.39 is 5.41 Å². The van der Waals surface area contributed by atoms with Gasteiger partial charge >= 0.3 is 0 Å². The largest absolute Gasteiger partial charge is 0.295 e. The van der Waals surface area contributed by atoms with Gasteiger partial charge in [0.05, 0.1) is 11.5 Å². The fourth-order valence-electron chi connectivity index (χ4n) is 3.31. The van der Waals surface area contributed by atoms with Gasteiger partial charge in [0.1, 0.15) is 0 Å². The summed E-state index contributed by atoms with van der Waals surface area (Å²) in [4.78, 5) is 11.9. The van der Waals surface area contributed by atoms with Crippen LogP contribution in [0.3, 0.4) is 0 Å². The van der Waals surface area contributed by atoms with Crippen LogP contribution in [0.2, 0.25) is 0 Å². The van der Waals surface area contributed by atoms with Crippen LogP contribution in [0.5, 0.6) is 0 Å². The molecule has 0 aliphatic heterocycles. The summed E-state index contributed by atoms with van der Waals surface area (Å²) >= 11 is 0. The van der Waals surface area contributed by atoms with Gasteiger partial charge in [-0.3, -0.25) is 4.79 Å². The fraction of sp³-hybridized carbons (Fsp3) is 0.500. The Labute approximate surface area is 109 Å². The summed E-state index contributed by atoms with van der Waals surface area (Å²) in [6.07, 6.45) is 5.30. The summed E-state index contributed by atoms with van der Waals surface area (Å²) in [6.45, 7) is 9.93. The maximum absolute atomic E-state index is 11.9. The normalized spacial score (nSPS) is 35.1. The second kappa shape index (κ2) is 4.24. The lowest BCUT2D eigenvalue weighted by Crippen LogP contribution is -2.40. The maximum Gasteiger partial charge on any atom is 0.158 e. The molecule has 2 aliphatic rings. The molecule has 94 valence electrons. The Morgan fingerprint density at radius 3 is 2.83 bits per heavy atom. The van der Waals surface area contributed by atoms with Gasteiger partial charge < -0.3 is 0 Å². The molecule has 0 spiro atoms. The lowest BCUT2D eigenvalue weighted by molar-refractivity contribution is -0.119. The molecule has 0 radical (unpaired) electrons. The van der Waals surface area contributed by atoms with Gasteiger partial charge in [-0.25, -0.2) is 0 Å². The van der Waals surface area contributed by atoms with Gasteiger partial charge in [-0.1, -0.05) is 30.7 Å². The predicted molar refractivity (Wildman–Crippen MR) is 71.6 cm³/mol. The molecule has 0 unspecified atom stereocenters. The van der Waals surface area contributed by atoms with Crippen molar-refractivity contribution in [2.75, 3.05) is 0 Å². The standard InChI is InChI=1S/C16H19NO/c1-10(2)13-6-5-11(3)14-7-15(18)12(4)8-16(13,14)9-17/h5,7,12-13H,1,6,8H2,2-4H3/t12-,13-,16-/m1/s1. The van der Waals surface area contributed by atoms with Crippen molar-refractivity contribution >= 4 is 5.78 Å². The Kier molecular flexibility index (Phi) is 3.02. The molecule has 3 atom stereocenters. The Bertz CT molecular complexity index is 518. The van der Waals surface area contributed by atoms with Crippen LogP contribution < -0.4 is 0 Å². The summed E-state index contributed by atoms with van der Waals surface area (Å²) in [7, 11) is 0. The van der Waals surface area contributed by atoms with Crippen LogP contribution in [-0.2, 0) is 4.79 Å². The highest BCUT2D eigenvalue weighted by molar-refractivity contribution is 5.94. The van der Waals surface area contributed by atoms with Crippen LogP contribution in [0, 0.1) is 28.6 Å². The minimum atomic E-state index is -0.544. The van der Waals surface area contributed by atoms with Gasteiger partial charge in [0.25, 0.3) is 0 Å². The number of rotatable bonds is 1. The zero-order valence-electron chi connectivity index (χ0n) is 11.3. The van der Waals surface area contributed by atoms with Crippen molar-refractivity contribution in [2.45, 2.75) is 33.6 Å². The minimum Gasteiger partial charge on any atom is -0.295 e. The number of hydrogen-bond acceptors (Lipinski definition) is 2.